The summed E-state index contributed by atoms with van der Waals surface area (Å²) in [5, 5.41) is 2.61. The summed E-state index contributed by atoms with van der Waals surface area (Å²) in [4.78, 5) is 14.9. The van der Waals surface area contributed by atoms with E-state index >= 15 is 0 Å². The quantitative estimate of drug-likeness (QED) is 0.199. The van der Waals surface area contributed by atoms with E-state index in [1.54, 1.807) is 6.92 Å². The largest absolute Gasteiger partial charge is 0.458 e. The van der Waals surface area contributed by atoms with Crippen molar-refractivity contribution in [3.63, 3.8) is 0 Å². The van der Waals surface area contributed by atoms with Gasteiger partial charge in [0.25, 0.3) is 0 Å². The highest BCUT2D eigenvalue weighted by atomic mass is 16.6. The first kappa shape index (κ1) is 9.50. The number of carbonyl (C=O) groups excluding carboxylic acids is 1. The van der Waals surface area contributed by atoms with Gasteiger partial charge in [0.05, 0.1) is 0 Å². The summed E-state index contributed by atoms with van der Waals surface area (Å²) in [5.41, 5.74) is 0.341. The predicted octanol–water partition coefficient (Wildman–Crippen LogP) is 0.957. The Hall–Kier alpha value is -1.50. The van der Waals surface area contributed by atoms with Gasteiger partial charge in [-0.05, 0) is 11.9 Å². The van der Waals surface area contributed by atoms with Crippen molar-refractivity contribution >= 4 is 5.97 Å². The predicted molar refractivity (Wildman–Crippen MR) is 38.3 cm³/mol. The van der Waals surface area contributed by atoms with Crippen molar-refractivity contribution < 1.29 is 14.4 Å². The summed E-state index contributed by atoms with van der Waals surface area (Å²) in [6.07, 6.45) is 0. The third-order valence-electron chi connectivity index (χ3n) is 0.821. The van der Waals surface area contributed by atoms with Gasteiger partial charge in [-0.3, -0.25) is 0 Å². The Labute approximate surface area is 65.2 Å². The molecule has 0 aliphatic rings. The van der Waals surface area contributed by atoms with Gasteiger partial charge in [-0.1, -0.05) is 6.58 Å². The standard InChI is InChI=1S/C7H9NO3/c1-6(2)7(9)10-4-5-11-8-3/h1,4-5H2,2H3. The van der Waals surface area contributed by atoms with Gasteiger partial charge in [-0.2, -0.15) is 11.4 Å². The Balaban J connectivity index is 3.34. The van der Waals surface area contributed by atoms with Gasteiger partial charge in [0.2, 0.25) is 6.61 Å². The fourth-order valence-electron chi connectivity index (χ4n) is 0.340. The lowest BCUT2D eigenvalue weighted by Crippen LogP contribution is -2.09. The Kier molecular flexibility index (Phi) is 4.58. The highest BCUT2D eigenvalue weighted by Crippen LogP contribution is 1.91. The Morgan fingerprint density at radius 2 is 2.27 bits per heavy atom. The average Bonchev–Trinajstić information content (AvgIpc) is 1.97. The third-order valence-corrected chi connectivity index (χ3v) is 0.821. The zero-order valence-electron chi connectivity index (χ0n) is 6.29. The fraction of sp³-hybridized carbons (Fsp3) is 0.429. The first-order chi connectivity index (χ1) is 5.18. The van der Waals surface area contributed by atoms with Gasteiger partial charge in [0, 0.05) is 5.57 Å². The van der Waals surface area contributed by atoms with Crippen LogP contribution in [0, 0.1) is 6.57 Å². The van der Waals surface area contributed by atoms with Crippen LogP contribution < -0.4 is 0 Å². The minimum atomic E-state index is -0.460. The maximum Gasteiger partial charge on any atom is 0.333 e. The molecule has 0 saturated carbocycles. The molecule has 0 radical (unpaired) electrons. The van der Waals surface area contributed by atoms with Crippen molar-refractivity contribution in [2.24, 2.45) is 0 Å². The molecule has 0 unspecified atom stereocenters. The molecule has 0 atom stereocenters. The zero-order chi connectivity index (χ0) is 8.69. The van der Waals surface area contributed by atoms with Gasteiger partial charge < -0.3 is 4.74 Å². The molecule has 0 aromatic carbocycles. The number of nitrogens with zero attached hydrogens (tertiary/aromatic N) is 1. The number of esters is 1. The molecule has 0 spiro atoms. The van der Waals surface area contributed by atoms with E-state index in [9.17, 15) is 4.79 Å². The molecular weight excluding hydrogens is 146 g/mol. The molecule has 0 aromatic heterocycles. The van der Waals surface area contributed by atoms with Crippen LogP contribution in [0.15, 0.2) is 12.2 Å². The maximum absolute atomic E-state index is 10.7. The Morgan fingerprint density at radius 3 is 2.73 bits per heavy atom. The molecule has 0 heterocycles. The number of hydrogen-bond donors (Lipinski definition) is 0. The molecule has 60 valence electrons. The molecule has 0 aliphatic heterocycles. The van der Waals surface area contributed by atoms with Crippen LogP contribution in [0.25, 0.3) is 5.01 Å². The van der Waals surface area contributed by atoms with Gasteiger partial charge in [0.15, 0.2) is 0 Å². The first-order valence-electron chi connectivity index (χ1n) is 3.00. The van der Waals surface area contributed by atoms with Crippen LogP contribution in [0.4, 0.5) is 0 Å². The smallest absolute Gasteiger partial charge is 0.333 e. The zero-order valence-corrected chi connectivity index (χ0v) is 6.29. The summed E-state index contributed by atoms with van der Waals surface area (Å²) in [7, 11) is 0. The molecule has 11 heavy (non-hydrogen) atoms. The van der Waals surface area contributed by atoms with E-state index in [1.807, 2.05) is 0 Å². The Morgan fingerprint density at radius 1 is 1.64 bits per heavy atom. The lowest BCUT2D eigenvalue weighted by atomic mass is 10.4. The minimum Gasteiger partial charge on any atom is -0.458 e. The molecule has 0 aliphatic carbocycles. The van der Waals surface area contributed by atoms with Crippen molar-refractivity contribution in [2.45, 2.75) is 6.92 Å². The molecular formula is C7H9NO3. The molecule has 0 aromatic rings. The van der Waals surface area contributed by atoms with E-state index in [2.05, 4.69) is 21.2 Å². The SMILES string of the molecule is [C-]#[N+]OCCOC(=O)C(=C)C. The van der Waals surface area contributed by atoms with Crippen molar-refractivity contribution in [3.8, 4) is 0 Å². The van der Waals surface area contributed by atoms with Crippen LogP contribution in [0.5, 0.6) is 0 Å². The van der Waals surface area contributed by atoms with Gasteiger partial charge in [-0.15, -0.1) is 0 Å². The second-order valence-corrected chi connectivity index (χ2v) is 1.84. The molecule has 0 rings (SSSR count). The summed E-state index contributed by atoms with van der Waals surface area (Å²) in [6.45, 7) is 11.3. The second kappa shape index (κ2) is 5.30. The highest BCUT2D eigenvalue weighted by Gasteiger charge is 2.02. The number of carbonyl (C=O) groups is 1. The summed E-state index contributed by atoms with van der Waals surface area (Å²) in [5.74, 6) is -0.460. The monoisotopic (exact) mass is 155 g/mol. The van der Waals surface area contributed by atoms with Crippen LogP contribution >= 0.6 is 0 Å². The van der Waals surface area contributed by atoms with E-state index in [0.717, 1.165) is 0 Å². The number of rotatable bonds is 4. The highest BCUT2D eigenvalue weighted by molar-refractivity contribution is 5.86. The molecule has 0 saturated heterocycles. The maximum atomic E-state index is 10.7. The average molecular weight is 155 g/mol. The van der Waals surface area contributed by atoms with Crippen LogP contribution in [0.3, 0.4) is 0 Å². The van der Waals surface area contributed by atoms with E-state index in [-0.39, 0.29) is 13.2 Å². The van der Waals surface area contributed by atoms with Crippen molar-refractivity contribution in [3.05, 3.63) is 23.7 Å². The van der Waals surface area contributed by atoms with Crippen LogP contribution in [0.1, 0.15) is 6.92 Å². The van der Waals surface area contributed by atoms with Gasteiger partial charge >= 0.3 is 5.97 Å². The summed E-state index contributed by atoms with van der Waals surface area (Å²) < 4.78 is 4.60. The fourth-order valence-corrected chi connectivity index (χ4v) is 0.340. The molecule has 0 N–H and O–H groups in total. The van der Waals surface area contributed by atoms with E-state index in [4.69, 9.17) is 6.57 Å². The van der Waals surface area contributed by atoms with E-state index < -0.39 is 5.97 Å². The van der Waals surface area contributed by atoms with Crippen LogP contribution in [0.2, 0.25) is 0 Å². The van der Waals surface area contributed by atoms with Crippen LogP contribution in [-0.4, -0.2) is 19.2 Å². The van der Waals surface area contributed by atoms with Crippen LogP contribution in [-0.2, 0) is 14.4 Å². The molecule has 0 amide bonds. The first-order valence-corrected chi connectivity index (χ1v) is 3.00. The lowest BCUT2D eigenvalue weighted by Gasteiger charge is -1.99. The van der Waals surface area contributed by atoms with Gasteiger partial charge in [0.1, 0.15) is 6.61 Å². The summed E-state index contributed by atoms with van der Waals surface area (Å²) >= 11 is 0. The van der Waals surface area contributed by atoms with E-state index in [1.165, 1.54) is 0 Å². The molecule has 0 bridgehead atoms. The van der Waals surface area contributed by atoms with Crippen molar-refractivity contribution in [1.29, 1.82) is 0 Å². The third kappa shape index (κ3) is 4.97. The second-order valence-electron chi connectivity index (χ2n) is 1.84. The number of ether oxygens (including phenoxy) is 1. The molecule has 0 fully saturated rings. The van der Waals surface area contributed by atoms with Crippen molar-refractivity contribution in [1.82, 2.24) is 0 Å². The molecule has 4 nitrogen and oxygen atoms in total. The van der Waals surface area contributed by atoms with Crippen molar-refractivity contribution in [2.75, 3.05) is 13.2 Å². The minimum absolute atomic E-state index is 0.0913. The summed E-state index contributed by atoms with van der Waals surface area (Å²) in [6, 6.07) is 0. The van der Waals surface area contributed by atoms with E-state index in [0.29, 0.717) is 5.57 Å². The lowest BCUT2D eigenvalue weighted by molar-refractivity contribution is -0.139. The Bertz CT molecular complexity index is 192. The number of hydrogen-bond acceptors (Lipinski definition) is 3. The normalized spacial score (nSPS) is 8.00. The molecule has 4 heteroatoms. The topological polar surface area (TPSA) is 39.9 Å². The van der Waals surface area contributed by atoms with Gasteiger partial charge in [-0.25, -0.2) is 4.79 Å².